The fourth-order valence-electron chi connectivity index (χ4n) is 3.87. The zero-order chi connectivity index (χ0) is 19.9. The first kappa shape index (κ1) is 20.0. The van der Waals surface area contributed by atoms with Gasteiger partial charge in [0, 0.05) is 65.4 Å². The van der Waals surface area contributed by atoms with Crippen LogP contribution in [-0.4, -0.2) is 19.9 Å². The number of aromatic nitrogens is 4. The fraction of sp³-hybridized carbons (Fsp3) is 0. The van der Waals surface area contributed by atoms with Crippen molar-refractivity contribution in [2.24, 2.45) is 0 Å². The first-order valence-corrected chi connectivity index (χ1v) is 9.92. The van der Waals surface area contributed by atoms with Gasteiger partial charge in [-0.25, -0.2) is 9.97 Å². The average molecular weight is 426 g/mol. The molecule has 2 N–H and O–H groups in total. The van der Waals surface area contributed by atoms with Crippen LogP contribution in [-0.2, 0) is 0 Å². The van der Waals surface area contributed by atoms with Gasteiger partial charge in [-0.05, 0) is 72.3 Å². The monoisotopic (exact) mass is 426 g/mol. The average Bonchev–Trinajstić information content (AvgIpc) is 3.53. The topological polar surface area (TPSA) is 57.4 Å². The van der Waals surface area contributed by atoms with Crippen LogP contribution in [0, 0.1) is 37.7 Å². The Morgan fingerprint density at radius 3 is 1.68 bits per heavy atom. The van der Waals surface area contributed by atoms with Crippen LogP contribution in [0.1, 0.15) is 22.8 Å². The van der Waals surface area contributed by atoms with Gasteiger partial charge in [-0.3, -0.25) is 0 Å². The van der Waals surface area contributed by atoms with Crippen LogP contribution in [0.3, 0.4) is 0 Å². The van der Waals surface area contributed by atoms with E-state index in [-0.39, 0.29) is 37.7 Å². The summed E-state index contributed by atoms with van der Waals surface area (Å²) in [6.07, 6.45) is 8.16. The van der Waals surface area contributed by atoms with Crippen LogP contribution in [0.5, 0.6) is 0 Å². The normalized spacial score (nSPS) is 12.0. The summed E-state index contributed by atoms with van der Waals surface area (Å²) in [6.45, 7) is 0. The Balaban J connectivity index is 0.00000204. The summed E-state index contributed by atoms with van der Waals surface area (Å²) < 4.78 is 0. The molecule has 4 aromatic rings. The van der Waals surface area contributed by atoms with E-state index in [0.29, 0.717) is 0 Å². The van der Waals surface area contributed by atoms with Crippen LogP contribution in [0.2, 0.25) is 0 Å². The van der Waals surface area contributed by atoms with E-state index < -0.39 is 0 Å². The molecule has 0 spiro atoms. The van der Waals surface area contributed by atoms with E-state index in [0.717, 1.165) is 50.4 Å². The first-order chi connectivity index (χ1) is 14.8. The largest absolute Gasteiger partial charge is 0.355 e. The van der Waals surface area contributed by atoms with Crippen molar-refractivity contribution in [2.75, 3.05) is 0 Å². The van der Waals surface area contributed by atoms with Crippen molar-refractivity contribution in [3.63, 3.8) is 0 Å². The molecule has 0 amide bonds. The Labute approximate surface area is 209 Å². The molecule has 5 heteroatoms. The van der Waals surface area contributed by atoms with Crippen molar-refractivity contribution in [1.82, 2.24) is 19.9 Å². The molecule has 31 heavy (non-hydrogen) atoms. The smallest absolute Gasteiger partial charge is 0.0658 e. The van der Waals surface area contributed by atoms with Crippen LogP contribution in [0.25, 0.3) is 57.5 Å². The van der Waals surface area contributed by atoms with E-state index in [1.807, 2.05) is 36.4 Å². The van der Waals surface area contributed by atoms with Gasteiger partial charge >= 0.3 is 0 Å². The molecule has 2 aliphatic heterocycles. The standard InChI is InChI=1S/C26H18N4.Ar/c1-2-4-17(5-3-1)25-15-24-14-22-9-8-20(28-22)12-18-6-7-19(27-18)13-21-10-11-23(29-21)16-26(25)30-24;/h1-16,27,30H;. The Morgan fingerprint density at radius 2 is 1.06 bits per heavy atom. The van der Waals surface area contributed by atoms with Crippen LogP contribution in [0.4, 0.5) is 0 Å². The zero-order valence-corrected chi connectivity index (χ0v) is 17.2. The van der Waals surface area contributed by atoms with Gasteiger partial charge in [-0.15, -0.1) is 0 Å². The minimum Gasteiger partial charge on any atom is -0.355 e. The fourth-order valence-corrected chi connectivity index (χ4v) is 3.87. The summed E-state index contributed by atoms with van der Waals surface area (Å²) in [5.74, 6) is 0. The maximum absolute atomic E-state index is 4.77. The van der Waals surface area contributed by atoms with Gasteiger partial charge in [0.1, 0.15) is 0 Å². The summed E-state index contributed by atoms with van der Waals surface area (Å²) in [4.78, 5) is 16.5. The van der Waals surface area contributed by atoms with E-state index in [4.69, 9.17) is 9.97 Å². The molecule has 6 rings (SSSR count). The predicted octanol–water partition coefficient (Wildman–Crippen LogP) is 6.32. The van der Waals surface area contributed by atoms with E-state index in [1.54, 1.807) is 0 Å². The van der Waals surface area contributed by atoms with Gasteiger partial charge < -0.3 is 9.97 Å². The van der Waals surface area contributed by atoms with Crippen LogP contribution >= 0.6 is 0 Å². The van der Waals surface area contributed by atoms with Crippen molar-refractivity contribution >= 4 is 46.4 Å². The molecular formula is C26H18ArN4. The van der Waals surface area contributed by atoms with Gasteiger partial charge in [-0.2, -0.15) is 0 Å². The van der Waals surface area contributed by atoms with E-state index >= 15 is 0 Å². The van der Waals surface area contributed by atoms with Crippen molar-refractivity contribution in [2.45, 2.75) is 0 Å². The Morgan fingerprint density at radius 1 is 0.516 bits per heavy atom. The first-order valence-electron chi connectivity index (χ1n) is 9.92. The van der Waals surface area contributed by atoms with Gasteiger partial charge in [0.15, 0.2) is 0 Å². The maximum Gasteiger partial charge on any atom is 0.0658 e. The van der Waals surface area contributed by atoms with Crippen molar-refractivity contribution in [3.05, 3.63) is 95.6 Å². The molecular weight excluding hydrogens is 408 g/mol. The van der Waals surface area contributed by atoms with Gasteiger partial charge in [0.25, 0.3) is 0 Å². The number of nitrogens with one attached hydrogen (secondary N) is 2. The summed E-state index contributed by atoms with van der Waals surface area (Å²) >= 11 is 0. The van der Waals surface area contributed by atoms with Crippen molar-refractivity contribution in [3.8, 4) is 11.1 Å². The SMILES string of the molecule is C1=Cc2cc3cc(-c4ccccc4)c(cc4nc(cc5ccc(cc1n2)[nH]5)C=C4)[nH]3.[Ar]. The number of rotatable bonds is 1. The summed E-state index contributed by atoms with van der Waals surface area (Å²) in [5.41, 5.74) is 10.1. The van der Waals surface area contributed by atoms with Gasteiger partial charge in [0.05, 0.1) is 22.8 Å². The molecule has 0 atom stereocenters. The Hall–Kier alpha value is -2.92. The molecule has 5 heterocycles. The van der Waals surface area contributed by atoms with E-state index in [1.165, 1.54) is 5.56 Å². The molecule has 0 radical (unpaired) electrons. The second-order valence-electron chi connectivity index (χ2n) is 7.45. The van der Waals surface area contributed by atoms with Crippen LogP contribution in [0.15, 0.2) is 72.8 Å². The molecule has 1 aromatic carbocycles. The molecule has 2 aliphatic rings. The maximum atomic E-state index is 4.77. The second kappa shape index (κ2) is 8.31. The molecule has 0 unspecified atom stereocenters. The van der Waals surface area contributed by atoms with Gasteiger partial charge in [0.2, 0.25) is 0 Å². The summed E-state index contributed by atoms with van der Waals surface area (Å²) in [6, 6.07) is 25.0. The molecule has 150 valence electrons. The number of hydrogen-bond donors (Lipinski definition) is 2. The minimum absolute atomic E-state index is 0. The predicted molar refractivity (Wildman–Crippen MR) is 124 cm³/mol. The van der Waals surface area contributed by atoms with Crippen LogP contribution < -0.4 is 0 Å². The van der Waals surface area contributed by atoms with Crippen molar-refractivity contribution in [1.29, 1.82) is 0 Å². The second-order valence-corrected chi connectivity index (χ2v) is 7.45. The molecule has 0 fully saturated rings. The summed E-state index contributed by atoms with van der Waals surface area (Å²) in [5, 5.41) is 0. The molecule has 0 aliphatic carbocycles. The zero-order valence-electron chi connectivity index (χ0n) is 16.5. The minimum atomic E-state index is 0. The Kier molecular flexibility index (Phi) is 5.36. The Bertz CT molecular complexity index is 1490. The third-order valence-electron chi connectivity index (χ3n) is 5.25. The number of hydrogen-bond acceptors (Lipinski definition) is 2. The molecule has 4 nitrogen and oxygen atoms in total. The number of fused-ring (bicyclic) bond motifs is 8. The van der Waals surface area contributed by atoms with Gasteiger partial charge in [-0.1, -0.05) is 30.3 Å². The summed E-state index contributed by atoms with van der Waals surface area (Å²) in [7, 11) is 0. The molecule has 0 saturated carbocycles. The quantitative estimate of drug-likeness (QED) is 0.323. The molecule has 0 saturated heterocycles. The number of benzene rings is 1. The third kappa shape index (κ3) is 4.15. The number of nitrogens with zero attached hydrogens (tertiary/aromatic N) is 2. The number of H-pyrrole nitrogens is 2. The molecule has 3 aromatic heterocycles. The van der Waals surface area contributed by atoms with E-state index in [9.17, 15) is 0 Å². The van der Waals surface area contributed by atoms with E-state index in [2.05, 4.69) is 70.6 Å². The van der Waals surface area contributed by atoms with Crippen molar-refractivity contribution < 1.29 is 37.7 Å². The number of aromatic amines is 2. The third-order valence-corrected chi connectivity index (χ3v) is 5.25. The molecule has 8 bridgehead atoms.